The summed E-state index contributed by atoms with van der Waals surface area (Å²) < 4.78 is 38.9. The van der Waals surface area contributed by atoms with Crippen molar-refractivity contribution in [2.75, 3.05) is 5.32 Å². The number of nitrogens with zero attached hydrogens (tertiary/aromatic N) is 2. The number of alkyl halides is 3. The molecule has 0 bridgehead atoms. The van der Waals surface area contributed by atoms with Crippen molar-refractivity contribution in [3.8, 4) is 0 Å². The second-order valence-electron chi connectivity index (χ2n) is 6.86. The van der Waals surface area contributed by atoms with Crippen LogP contribution in [0.4, 0.5) is 18.9 Å². The maximum atomic E-state index is 12.7. The lowest BCUT2D eigenvalue weighted by molar-refractivity contribution is -0.143. The zero-order valence-electron chi connectivity index (χ0n) is 16.2. The molecular weight excluding hydrogens is 375 g/mol. The van der Waals surface area contributed by atoms with E-state index < -0.39 is 30.5 Å². The predicted molar refractivity (Wildman–Crippen MR) is 97.7 cm³/mol. The molecule has 1 unspecified atom stereocenters. The SMILES string of the molecule is Cc1cc(C)c(C(=O)O)cc1NC(=O)C(C)c1c(C)nn(CC(F)(F)F)c1C. The minimum atomic E-state index is -4.42. The van der Waals surface area contributed by atoms with Gasteiger partial charge in [-0.2, -0.15) is 18.3 Å². The van der Waals surface area contributed by atoms with Crippen molar-refractivity contribution in [2.24, 2.45) is 0 Å². The highest BCUT2D eigenvalue weighted by atomic mass is 19.4. The highest BCUT2D eigenvalue weighted by molar-refractivity contribution is 5.98. The molecule has 1 aromatic heterocycles. The zero-order chi connectivity index (χ0) is 21.4. The van der Waals surface area contributed by atoms with Gasteiger partial charge < -0.3 is 10.4 Å². The van der Waals surface area contributed by atoms with Gasteiger partial charge in [-0.3, -0.25) is 9.48 Å². The van der Waals surface area contributed by atoms with Crippen LogP contribution in [0.5, 0.6) is 0 Å². The summed E-state index contributed by atoms with van der Waals surface area (Å²) in [5.74, 6) is -2.34. The minimum Gasteiger partial charge on any atom is -0.478 e. The summed E-state index contributed by atoms with van der Waals surface area (Å²) in [6.07, 6.45) is -4.42. The number of carbonyl (C=O) groups excluding carboxylic acids is 1. The van der Waals surface area contributed by atoms with E-state index in [1.54, 1.807) is 33.8 Å². The fourth-order valence-electron chi connectivity index (χ4n) is 3.25. The average Bonchev–Trinajstić information content (AvgIpc) is 2.80. The topological polar surface area (TPSA) is 84.2 Å². The van der Waals surface area contributed by atoms with E-state index in [0.717, 1.165) is 4.68 Å². The van der Waals surface area contributed by atoms with E-state index in [1.807, 2.05) is 0 Å². The van der Waals surface area contributed by atoms with Gasteiger partial charge in [0.2, 0.25) is 5.91 Å². The number of hydrogen-bond donors (Lipinski definition) is 2. The maximum absolute atomic E-state index is 12.7. The molecule has 0 spiro atoms. The summed E-state index contributed by atoms with van der Waals surface area (Å²) in [5, 5.41) is 15.8. The number of carboxylic acids is 1. The number of rotatable bonds is 5. The van der Waals surface area contributed by atoms with Crippen LogP contribution in [-0.2, 0) is 11.3 Å². The number of benzene rings is 1. The number of amides is 1. The third kappa shape index (κ3) is 4.52. The molecule has 2 N–H and O–H groups in total. The van der Waals surface area contributed by atoms with Gasteiger partial charge in [-0.25, -0.2) is 4.79 Å². The minimum absolute atomic E-state index is 0.0684. The second kappa shape index (κ2) is 7.65. The van der Waals surface area contributed by atoms with Gasteiger partial charge in [0.1, 0.15) is 6.54 Å². The zero-order valence-corrected chi connectivity index (χ0v) is 16.2. The summed E-state index contributed by atoms with van der Waals surface area (Å²) in [7, 11) is 0. The van der Waals surface area contributed by atoms with E-state index in [0.29, 0.717) is 28.1 Å². The number of halogens is 3. The predicted octanol–water partition coefficient (Wildman–Crippen LogP) is 4.12. The van der Waals surface area contributed by atoms with Crippen LogP contribution < -0.4 is 5.32 Å². The van der Waals surface area contributed by atoms with Crippen LogP contribution in [0.1, 0.15) is 51.3 Å². The van der Waals surface area contributed by atoms with E-state index in [9.17, 15) is 27.9 Å². The summed E-state index contributed by atoms with van der Waals surface area (Å²) >= 11 is 0. The number of aromatic carboxylic acids is 1. The first-order chi connectivity index (χ1) is 12.8. The smallest absolute Gasteiger partial charge is 0.408 e. The molecule has 0 radical (unpaired) electrons. The van der Waals surface area contributed by atoms with Crippen molar-refractivity contribution in [1.29, 1.82) is 0 Å². The molecule has 0 aliphatic heterocycles. The monoisotopic (exact) mass is 397 g/mol. The first-order valence-corrected chi connectivity index (χ1v) is 8.58. The molecule has 0 fully saturated rings. The molecule has 0 aliphatic carbocycles. The molecule has 9 heteroatoms. The number of hydrogen-bond acceptors (Lipinski definition) is 3. The van der Waals surface area contributed by atoms with Crippen molar-refractivity contribution in [1.82, 2.24) is 9.78 Å². The lowest BCUT2D eigenvalue weighted by Crippen LogP contribution is -2.22. The highest BCUT2D eigenvalue weighted by Gasteiger charge is 2.31. The summed E-state index contributed by atoms with van der Waals surface area (Å²) in [5.41, 5.74) is 2.70. The number of nitrogens with one attached hydrogen (secondary N) is 1. The van der Waals surface area contributed by atoms with Gasteiger partial charge in [0.15, 0.2) is 0 Å². The van der Waals surface area contributed by atoms with Gasteiger partial charge >= 0.3 is 12.1 Å². The molecule has 28 heavy (non-hydrogen) atoms. The third-order valence-corrected chi connectivity index (χ3v) is 4.65. The average molecular weight is 397 g/mol. The molecule has 2 rings (SSSR count). The molecule has 0 saturated carbocycles. The van der Waals surface area contributed by atoms with Gasteiger partial charge in [0.25, 0.3) is 0 Å². The Hall–Kier alpha value is -2.84. The molecule has 0 saturated heterocycles. The third-order valence-electron chi connectivity index (χ3n) is 4.65. The lowest BCUT2D eigenvalue weighted by atomic mass is 9.97. The Labute approximate surface area is 160 Å². The van der Waals surface area contributed by atoms with E-state index >= 15 is 0 Å². The highest BCUT2D eigenvalue weighted by Crippen LogP contribution is 2.28. The number of aryl methyl sites for hydroxylation is 3. The molecule has 1 atom stereocenters. The summed E-state index contributed by atoms with van der Waals surface area (Å²) in [4.78, 5) is 24.0. The first-order valence-electron chi connectivity index (χ1n) is 8.58. The maximum Gasteiger partial charge on any atom is 0.408 e. The fourth-order valence-corrected chi connectivity index (χ4v) is 3.25. The quantitative estimate of drug-likeness (QED) is 0.795. The van der Waals surface area contributed by atoms with E-state index in [2.05, 4.69) is 10.4 Å². The van der Waals surface area contributed by atoms with Crippen LogP contribution in [0.15, 0.2) is 12.1 Å². The standard InChI is InChI=1S/C19H22F3N3O3/c1-9-6-10(2)15(7-14(9)18(27)28)23-17(26)11(3)16-12(4)24-25(13(16)5)8-19(20,21)22/h6-7,11H,8H2,1-5H3,(H,23,26)(H,27,28). The van der Waals surface area contributed by atoms with Gasteiger partial charge in [-0.05, 0) is 51.8 Å². The molecule has 0 aliphatic rings. The first kappa shape index (κ1) is 21.5. The number of aromatic nitrogens is 2. The van der Waals surface area contributed by atoms with Crippen molar-refractivity contribution >= 4 is 17.6 Å². The Bertz CT molecular complexity index is 933. The Morgan fingerprint density at radius 1 is 1.18 bits per heavy atom. The summed E-state index contributed by atoms with van der Waals surface area (Å²) in [6, 6.07) is 3.03. The molecule has 1 aromatic carbocycles. The Balaban J connectivity index is 2.32. The van der Waals surface area contributed by atoms with Crippen LogP contribution in [0.2, 0.25) is 0 Å². The Kier molecular flexibility index (Phi) is 5.86. The van der Waals surface area contributed by atoms with Crippen molar-refractivity contribution in [3.05, 3.63) is 45.8 Å². The van der Waals surface area contributed by atoms with Gasteiger partial charge in [-0.1, -0.05) is 6.07 Å². The van der Waals surface area contributed by atoms with Gasteiger partial charge in [0.05, 0.1) is 17.2 Å². The van der Waals surface area contributed by atoms with E-state index in [4.69, 9.17) is 0 Å². The lowest BCUT2D eigenvalue weighted by Gasteiger charge is -2.16. The Morgan fingerprint density at radius 2 is 1.79 bits per heavy atom. The van der Waals surface area contributed by atoms with Crippen LogP contribution in [0.25, 0.3) is 0 Å². The number of carboxylic acid groups (broad SMARTS) is 1. The molecule has 1 heterocycles. The van der Waals surface area contributed by atoms with Crippen LogP contribution in [0.3, 0.4) is 0 Å². The van der Waals surface area contributed by atoms with Crippen molar-refractivity contribution in [3.63, 3.8) is 0 Å². The fraction of sp³-hybridized carbons (Fsp3) is 0.421. The van der Waals surface area contributed by atoms with E-state index in [1.165, 1.54) is 13.0 Å². The van der Waals surface area contributed by atoms with Crippen LogP contribution in [-0.4, -0.2) is 32.9 Å². The van der Waals surface area contributed by atoms with Gasteiger partial charge in [-0.15, -0.1) is 0 Å². The van der Waals surface area contributed by atoms with E-state index in [-0.39, 0.29) is 11.3 Å². The molecule has 1 amide bonds. The van der Waals surface area contributed by atoms with Crippen LogP contribution in [0, 0.1) is 27.7 Å². The molecule has 6 nitrogen and oxygen atoms in total. The largest absolute Gasteiger partial charge is 0.478 e. The molecule has 2 aromatic rings. The van der Waals surface area contributed by atoms with Gasteiger partial charge in [0, 0.05) is 16.9 Å². The number of carbonyl (C=O) groups is 2. The van der Waals surface area contributed by atoms with Crippen LogP contribution >= 0.6 is 0 Å². The molecule has 152 valence electrons. The summed E-state index contributed by atoms with van der Waals surface area (Å²) in [6.45, 7) is 6.78. The second-order valence-corrected chi connectivity index (χ2v) is 6.86. The van der Waals surface area contributed by atoms with Crippen molar-refractivity contribution < 1.29 is 27.9 Å². The molecular formula is C19H22F3N3O3. The normalized spacial score (nSPS) is 12.7. The number of anilines is 1. The Morgan fingerprint density at radius 3 is 2.32 bits per heavy atom. The van der Waals surface area contributed by atoms with Crippen molar-refractivity contribution in [2.45, 2.75) is 53.3 Å².